The van der Waals surface area contributed by atoms with Crippen molar-refractivity contribution in [2.45, 2.75) is 19.9 Å². The minimum Gasteiger partial charge on any atom is -0.374 e. The van der Waals surface area contributed by atoms with Crippen LogP contribution in [-0.4, -0.2) is 59.2 Å². The molecule has 0 spiro atoms. The van der Waals surface area contributed by atoms with Crippen LogP contribution >= 0.6 is 11.5 Å². The van der Waals surface area contributed by atoms with Crippen LogP contribution in [0.5, 0.6) is 0 Å². The molecule has 1 N–H and O–H groups in total. The van der Waals surface area contributed by atoms with Crippen LogP contribution < -0.4 is 5.32 Å². The number of hydrogen-bond donors (Lipinski definition) is 1. The normalized spacial score (nSPS) is 19.2. The zero-order valence-electron chi connectivity index (χ0n) is 10.6. The maximum absolute atomic E-state index is 4.23. The monoisotopic (exact) mass is 255 g/mol. The van der Waals surface area contributed by atoms with E-state index in [9.17, 15) is 0 Å². The lowest BCUT2D eigenvalue weighted by Crippen LogP contribution is -2.28. The SMILES string of the molecule is CCNc1snnc1CN1CCCN(C)CC1. The molecule has 2 rings (SSSR count). The third-order valence-electron chi connectivity index (χ3n) is 3.08. The molecular weight excluding hydrogens is 234 g/mol. The highest BCUT2D eigenvalue weighted by Crippen LogP contribution is 2.19. The van der Waals surface area contributed by atoms with Crippen LogP contribution in [0.4, 0.5) is 5.00 Å². The lowest BCUT2D eigenvalue weighted by molar-refractivity contribution is 0.267. The Bertz CT molecular complexity index is 340. The minimum absolute atomic E-state index is 0.923. The molecule has 1 aliphatic heterocycles. The van der Waals surface area contributed by atoms with Gasteiger partial charge in [-0.2, -0.15) is 0 Å². The molecule has 0 amide bonds. The number of aromatic nitrogens is 2. The van der Waals surface area contributed by atoms with Gasteiger partial charge < -0.3 is 10.2 Å². The molecule has 5 nitrogen and oxygen atoms in total. The van der Waals surface area contributed by atoms with E-state index in [1.54, 1.807) is 0 Å². The molecule has 1 saturated heterocycles. The molecule has 1 aromatic rings. The number of anilines is 1. The largest absolute Gasteiger partial charge is 0.374 e. The molecule has 0 atom stereocenters. The Hall–Kier alpha value is -0.720. The topological polar surface area (TPSA) is 44.3 Å². The molecule has 0 radical (unpaired) electrons. The fraction of sp³-hybridized carbons (Fsp3) is 0.818. The van der Waals surface area contributed by atoms with Crippen LogP contribution in [0.15, 0.2) is 0 Å². The van der Waals surface area contributed by atoms with E-state index in [2.05, 4.69) is 38.7 Å². The smallest absolute Gasteiger partial charge is 0.134 e. The van der Waals surface area contributed by atoms with Crippen molar-refractivity contribution >= 4 is 16.5 Å². The summed E-state index contributed by atoms with van der Waals surface area (Å²) in [5.74, 6) is 0. The van der Waals surface area contributed by atoms with Crippen molar-refractivity contribution in [2.75, 3.05) is 45.1 Å². The first kappa shape index (κ1) is 12.7. The van der Waals surface area contributed by atoms with E-state index in [0.717, 1.165) is 43.4 Å². The van der Waals surface area contributed by atoms with Gasteiger partial charge in [0, 0.05) is 37.7 Å². The second-order valence-electron chi connectivity index (χ2n) is 4.51. The van der Waals surface area contributed by atoms with Crippen LogP contribution in [0.25, 0.3) is 0 Å². The predicted molar refractivity (Wildman–Crippen MR) is 71.5 cm³/mol. The highest BCUT2D eigenvalue weighted by Gasteiger charge is 2.15. The van der Waals surface area contributed by atoms with Crippen LogP contribution in [0.1, 0.15) is 19.0 Å². The highest BCUT2D eigenvalue weighted by atomic mass is 32.1. The number of rotatable bonds is 4. The molecule has 0 saturated carbocycles. The van der Waals surface area contributed by atoms with Crippen molar-refractivity contribution in [1.29, 1.82) is 0 Å². The molecule has 1 aliphatic rings. The Morgan fingerprint density at radius 3 is 3.00 bits per heavy atom. The van der Waals surface area contributed by atoms with Crippen molar-refractivity contribution in [3.63, 3.8) is 0 Å². The summed E-state index contributed by atoms with van der Waals surface area (Å²) >= 11 is 1.46. The fourth-order valence-corrected chi connectivity index (χ4v) is 2.72. The van der Waals surface area contributed by atoms with Gasteiger partial charge >= 0.3 is 0 Å². The van der Waals surface area contributed by atoms with Crippen LogP contribution in [0, 0.1) is 0 Å². The van der Waals surface area contributed by atoms with Gasteiger partial charge in [-0.05, 0) is 33.5 Å². The molecule has 2 heterocycles. The van der Waals surface area contributed by atoms with Crippen LogP contribution in [0.2, 0.25) is 0 Å². The van der Waals surface area contributed by atoms with Crippen molar-refractivity contribution in [2.24, 2.45) is 0 Å². The van der Waals surface area contributed by atoms with Gasteiger partial charge in [0.25, 0.3) is 0 Å². The number of nitrogens with one attached hydrogen (secondary N) is 1. The van der Waals surface area contributed by atoms with Crippen molar-refractivity contribution in [3.05, 3.63) is 5.69 Å². The first-order valence-electron chi connectivity index (χ1n) is 6.25. The standard InChI is InChI=1S/C11H21N5S/c1-3-12-11-10(13-14-17-11)9-16-6-4-5-15(2)7-8-16/h12H,3-9H2,1-2H3. The second kappa shape index (κ2) is 6.28. The maximum atomic E-state index is 4.23. The van der Waals surface area contributed by atoms with Gasteiger partial charge in [0.05, 0.1) is 0 Å². The third-order valence-corrected chi connectivity index (χ3v) is 3.80. The maximum Gasteiger partial charge on any atom is 0.134 e. The van der Waals surface area contributed by atoms with Crippen LogP contribution in [-0.2, 0) is 6.54 Å². The lowest BCUT2D eigenvalue weighted by Gasteiger charge is -2.19. The summed E-state index contributed by atoms with van der Waals surface area (Å²) in [6.45, 7) is 8.59. The second-order valence-corrected chi connectivity index (χ2v) is 5.27. The Morgan fingerprint density at radius 1 is 1.29 bits per heavy atom. The minimum atomic E-state index is 0.923. The molecule has 1 fully saturated rings. The lowest BCUT2D eigenvalue weighted by atomic mass is 10.3. The Labute approximate surface area is 107 Å². The number of nitrogens with zero attached hydrogens (tertiary/aromatic N) is 4. The number of likely N-dealkylation sites (N-methyl/N-ethyl adjacent to an activating group) is 1. The van der Waals surface area contributed by atoms with E-state index >= 15 is 0 Å². The summed E-state index contributed by atoms with van der Waals surface area (Å²) in [4.78, 5) is 4.87. The summed E-state index contributed by atoms with van der Waals surface area (Å²) in [7, 11) is 2.19. The average molecular weight is 255 g/mol. The zero-order chi connectivity index (χ0) is 12.1. The molecule has 6 heteroatoms. The van der Waals surface area contributed by atoms with Crippen LogP contribution in [0.3, 0.4) is 0 Å². The van der Waals surface area contributed by atoms with E-state index in [0.29, 0.717) is 0 Å². The third kappa shape index (κ3) is 3.62. The molecule has 0 aliphatic carbocycles. The van der Waals surface area contributed by atoms with E-state index in [1.165, 1.54) is 24.5 Å². The van der Waals surface area contributed by atoms with Gasteiger partial charge in [-0.25, -0.2) is 0 Å². The Kier molecular flexibility index (Phi) is 4.70. The molecule has 0 unspecified atom stereocenters. The van der Waals surface area contributed by atoms with Gasteiger partial charge in [0.1, 0.15) is 10.7 Å². The Morgan fingerprint density at radius 2 is 2.18 bits per heavy atom. The summed E-state index contributed by atoms with van der Waals surface area (Å²) in [6.07, 6.45) is 1.24. The summed E-state index contributed by atoms with van der Waals surface area (Å²) < 4.78 is 4.04. The molecule has 96 valence electrons. The van der Waals surface area contributed by atoms with Gasteiger partial charge in [-0.3, -0.25) is 4.90 Å². The van der Waals surface area contributed by atoms with Crippen molar-refractivity contribution < 1.29 is 0 Å². The fourth-order valence-electron chi connectivity index (χ4n) is 2.08. The van der Waals surface area contributed by atoms with Gasteiger partial charge in [-0.1, -0.05) is 4.49 Å². The quantitative estimate of drug-likeness (QED) is 0.873. The van der Waals surface area contributed by atoms with Crippen molar-refractivity contribution in [3.8, 4) is 0 Å². The molecule has 0 bridgehead atoms. The molecular formula is C11H21N5S. The van der Waals surface area contributed by atoms with E-state index in [4.69, 9.17) is 0 Å². The molecule has 1 aromatic heterocycles. The van der Waals surface area contributed by atoms with E-state index < -0.39 is 0 Å². The van der Waals surface area contributed by atoms with E-state index in [1.807, 2.05) is 0 Å². The first-order chi connectivity index (χ1) is 8.29. The van der Waals surface area contributed by atoms with Gasteiger partial charge in [0.2, 0.25) is 0 Å². The zero-order valence-corrected chi connectivity index (χ0v) is 11.5. The summed E-state index contributed by atoms with van der Waals surface area (Å²) in [5, 5.41) is 8.69. The first-order valence-corrected chi connectivity index (χ1v) is 7.03. The molecule has 0 aromatic carbocycles. The summed E-state index contributed by atoms with van der Waals surface area (Å²) in [5.41, 5.74) is 1.10. The van der Waals surface area contributed by atoms with Gasteiger partial charge in [-0.15, -0.1) is 5.10 Å². The van der Waals surface area contributed by atoms with E-state index in [-0.39, 0.29) is 0 Å². The van der Waals surface area contributed by atoms with Gasteiger partial charge in [0.15, 0.2) is 0 Å². The Balaban J connectivity index is 1.92. The summed E-state index contributed by atoms with van der Waals surface area (Å²) in [6, 6.07) is 0. The average Bonchev–Trinajstić information content (AvgIpc) is 2.63. The van der Waals surface area contributed by atoms with Crippen molar-refractivity contribution in [1.82, 2.24) is 19.4 Å². The molecule has 17 heavy (non-hydrogen) atoms. The predicted octanol–water partition coefficient (Wildman–Crippen LogP) is 1.11. The highest BCUT2D eigenvalue weighted by molar-refractivity contribution is 7.10. The number of hydrogen-bond acceptors (Lipinski definition) is 6.